The molecule has 3 aromatic carbocycles. The van der Waals surface area contributed by atoms with Gasteiger partial charge >= 0.3 is 18.0 Å². The van der Waals surface area contributed by atoms with Crippen LogP contribution in [-0.4, -0.2) is 60.0 Å². The summed E-state index contributed by atoms with van der Waals surface area (Å²) in [6.45, 7) is 4.85. The zero-order valence-corrected chi connectivity index (χ0v) is 23.1. The van der Waals surface area contributed by atoms with E-state index in [1.807, 2.05) is 43.4 Å². The number of nitrogens with one attached hydrogen (secondary N) is 3. The number of fused-ring (bicyclic) bond motifs is 2. The molecule has 0 spiro atoms. The van der Waals surface area contributed by atoms with E-state index < -0.39 is 18.0 Å². The van der Waals surface area contributed by atoms with Crippen LogP contribution in [0.5, 0.6) is 11.5 Å². The monoisotopic (exact) mass is 575 g/mol. The number of carboxylic acid groups (broad SMARTS) is 2. The molecule has 1 aliphatic rings. The highest BCUT2D eigenvalue weighted by atomic mass is 32.1. The highest BCUT2D eigenvalue weighted by molar-refractivity contribution is 7.80. The Bertz CT molecular complexity index is 1640. The maximum atomic E-state index is 12.4. The van der Waals surface area contributed by atoms with Gasteiger partial charge in [-0.1, -0.05) is 49.1 Å². The topological polar surface area (TPSA) is 146 Å². The van der Waals surface area contributed by atoms with Crippen LogP contribution in [0.25, 0.3) is 12.2 Å². The van der Waals surface area contributed by atoms with Crippen LogP contribution in [0.4, 0.5) is 4.79 Å². The lowest BCUT2D eigenvalue weighted by Gasteiger charge is -2.23. The van der Waals surface area contributed by atoms with Crippen molar-refractivity contribution in [1.82, 2.24) is 16.0 Å². The molecule has 0 atom stereocenters. The van der Waals surface area contributed by atoms with Gasteiger partial charge in [0.2, 0.25) is 0 Å². The molecule has 0 bridgehead atoms. The molecule has 10 nitrogen and oxygen atoms in total. The Morgan fingerprint density at radius 1 is 0.951 bits per heavy atom. The van der Waals surface area contributed by atoms with E-state index in [1.54, 1.807) is 12.1 Å². The summed E-state index contributed by atoms with van der Waals surface area (Å²) in [5, 5.41) is 28.9. The number of alkyl carbamates (subject to hydrolysis) is 1. The summed E-state index contributed by atoms with van der Waals surface area (Å²) >= 11 is 5.57. The van der Waals surface area contributed by atoms with Gasteiger partial charge in [0.05, 0.1) is 12.0 Å². The quantitative estimate of drug-likeness (QED) is 0.133. The Hall–Kier alpha value is -4.74. The summed E-state index contributed by atoms with van der Waals surface area (Å²) in [7, 11) is 1.86. The summed E-state index contributed by atoms with van der Waals surface area (Å²) in [4.78, 5) is 34.9. The largest absolute Gasteiger partial charge is 0.481 e. The van der Waals surface area contributed by atoms with E-state index in [9.17, 15) is 19.5 Å². The van der Waals surface area contributed by atoms with E-state index in [0.717, 1.165) is 21.6 Å². The first-order valence-electron chi connectivity index (χ1n) is 12.8. The number of benzene rings is 3. The molecule has 0 radical (unpaired) electrons. The highest BCUT2D eigenvalue weighted by Crippen LogP contribution is 2.38. The predicted octanol–water partition coefficient (Wildman–Crippen LogP) is 2.33. The second-order valence-corrected chi connectivity index (χ2v) is 9.60. The molecular formula is C30H29N3O7S. The molecule has 0 aromatic heterocycles. The zero-order valence-electron chi connectivity index (χ0n) is 22.3. The molecular weight excluding hydrogens is 546 g/mol. The normalized spacial score (nSPS) is 11.5. The Morgan fingerprint density at radius 2 is 1.73 bits per heavy atom. The van der Waals surface area contributed by atoms with Crippen LogP contribution < -0.4 is 31.1 Å². The Balaban J connectivity index is 1.65. The molecule has 5 N–H and O–H groups in total. The summed E-state index contributed by atoms with van der Waals surface area (Å²) in [6, 6.07) is 16.2. The second kappa shape index (κ2) is 13.1. The predicted molar refractivity (Wildman–Crippen MR) is 157 cm³/mol. The van der Waals surface area contributed by atoms with Crippen LogP contribution in [-0.2, 0) is 16.1 Å². The molecule has 41 heavy (non-hydrogen) atoms. The Kier molecular flexibility index (Phi) is 9.33. The Labute approximate surface area is 241 Å². The van der Waals surface area contributed by atoms with Crippen molar-refractivity contribution in [2.45, 2.75) is 13.0 Å². The van der Waals surface area contributed by atoms with Gasteiger partial charge in [-0.2, -0.15) is 0 Å². The van der Waals surface area contributed by atoms with E-state index in [2.05, 4.69) is 22.5 Å². The van der Waals surface area contributed by atoms with Crippen molar-refractivity contribution < 1.29 is 34.1 Å². The zero-order chi connectivity index (χ0) is 29.5. The first-order valence-corrected chi connectivity index (χ1v) is 13.2. The summed E-state index contributed by atoms with van der Waals surface area (Å²) in [5.74, 6) is -0.964. The van der Waals surface area contributed by atoms with Crippen LogP contribution in [0.3, 0.4) is 0 Å². The summed E-state index contributed by atoms with van der Waals surface area (Å²) < 4.78 is 11.0. The number of hydrogen-bond acceptors (Lipinski definition) is 7. The lowest BCUT2D eigenvalue weighted by molar-refractivity contribution is -0.137. The van der Waals surface area contributed by atoms with Crippen LogP contribution in [0.1, 0.15) is 39.0 Å². The minimum atomic E-state index is -1.08. The summed E-state index contributed by atoms with van der Waals surface area (Å²) in [6.07, 6.45) is -1.01. The third-order valence-corrected chi connectivity index (χ3v) is 6.62. The number of ether oxygens (including phenoxy) is 2. The lowest BCUT2D eigenvalue weighted by Crippen LogP contribution is -2.35. The smallest absolute Gasteiger partial charge is 0.407 e. The fraction of sp³-hybridized carbons (Fsp3) is 0.200. The van der Waals surface area contributed by atoms with Gasteiger partial charge in [-0.25, -0.2) is 9.59 Å². The van der Waals surface area contributed by atoms with Gasteiger partial charge < -0.3 is 35.6 Å². The van der Waals surface area contributed by atoms with Gasteiger partial charge in [0.25, 0.3) is 0 Å². The fourth-order valence-corrected chi connectivity index (χ4v) is 4.62. The van der Waals surface area contributed by atoms with Gasteiger partial charge in [-0.15, -0.1) is 0 Å². The number of hydrogen-bond donors (Lipinski definition) is 5. The number of carboxylic acids is 2. The molecule has 0 saturated heterocycles. The van der Waals surface area contributed by atoms with E-state index in [0.29, 0.717) is 39.7 Å². The Morgan fingerprint density at radius 3 is 2.46 bits per heavy atom. The number of aromatic carboxylic acids is 1. The average Bonchev–Trinajstić information content (AvgIpc) is 2.93. The molecule has 1 heterocycles. The van der Waals surface area contributed by atoms with Crippen molar-refractivity contribution in [2.24, 2.45) is 0 Å². The molecule has 1 amide bonds. The van der Waals surface area contributed by atoms with Crippen LogP contribution >= 0.6 is 12.2 Å². The van der Waals surface area contributed by atoms with Crippen LogP contribution in [0, 0.1) is 0 Å². The average molecular weight is 576 g/mol. The van der Waals surface area contributed by atoms with Gasteiger partial charge in [-0.05, 0) is 47.7 Å². The van der Waals surface area contributed by atoms with Crippen molar-refractivity contribution >= 4 is 47.4 Å². The minimum absolute atomic E-state index is 0.106. The van der Waals surface area contributed by atoms with Crippen molar-refractivity contribution in [3.05, 3.63) is 92.9 Å². The van der Waals surface area contributed by atoms with Crippen molar-refractivity contribution in [2.75, 3.05) is 26.7 Å². The number of amides is 1. The molecule has 4 rings (SSSR count). The molecule has 1 aliphatic heterocycles. The van der Waals surface area contributed by atoms with Gasteiger partial charge in [-0.3, -0.25) is 4.79 Å². The lowest BCUT2D eigenvalue weighted by atomic mass is 9.88. The van der Waals surface area contributed by atoms with E-state index in [1.165, 1.54) is 6.07 Å². The molecule has 0 unspecified atom stereocenters. The van der Waals surface area contributed by atoms with Crippen molar-refractivity contribution in [3.8, 4) is 11.5 Å². The maximum Gasteiger partial charge on any atom is 0.407 e. The fourth-order valence-electron chi connectivity index (χ4n) is 4.39. The number of aliphatic carboxylic acids is 1. The first-order chi connectivity index (χ1) is 19.7. The number of carbonyl (C=O) groups excluding carboxylic acids is 1. The molecule has 212 valence electrons. The maximum absolute atomic E-state index is 12.4. The second-order valence-electron chi connectivity index (χ2n) is 9.20. The van der Waals surface area contributed by atoms with Crippen molar-refractivity contribution in [1.29, 1.82) is 0 Å². The SMILES string of the molecule is C=c1ccc2c(c1)Oc1cc(CNC)ccc1C=2c1cc(C(=S)NCCNC(=O)OCCC(=O)O)ccc1C(=O)O. The summed E-state index contributed by atoms with van der Waals surface area (Å²) in [5.41, 5.74) is 3.63. The number of rotatable bonds is 11. The van der Waals surface area contributed by atoms with Gasteiger partial charge in [0.1, 0.15) is 23.1 Å². The van der Waals surface area contributed by atoms with Gasteiger partial charge in [0, 0.05) is 41.6 Å². The van der Waals surface area contributed by atoms with Crippen molar-refractivity contribution in [3.63, 3.8) is 0 Å². The molecule has 0 aliphatic carbocycles. The standard InChI is InChI=1S/C30H29N3O7S/c1-17-3-6-21-24(13-17)40-25-14-18(16-31-2)4-7-22(25)27(21)23-15-19(5-8-20(23)29(36)37)28(41)32-10-11-33-30(38)39-12-9-26(34)35/h3-8,13-15,31H,1,9-12,16H2,2H3,(H,32,41)(H,33,38)(H,34,35)(H,36,37). The third kappa shape index (κ3) is 7.07. The first kappa shape index (κ1) is 29.2. The minimum Gasteiger partial charge on any atom is -0.481 e. The number of carbonyl (C=O) groups is 3. The molecule has 0 fully saturated rings. The molecule has 3 aromatic rings. The van der Waals surface area contributed by atoms with Gasteiger partial charge in [0.15, 0.2) is 0 Å². The third-order valence-electron chi connectivity index (χ3n) is 6.24. The van der Waals surface area contributed by atoms with E-state index in [-0.39, 0.29) is 31.7 Å². The van der Waals surface area contributed by atoms with E-state index >= 15 is 0 Å². The van der Waals surface area contributed by atoms with Crippen LogP contribution in [0.2, 0.25) is 0 Å². The number of thiocarbonyl (C=S) groups is 1. The molecule has 11 heteroatoms. The highest BCUT2D eigenvalue weighted by Gasteiger charge is 2.25. The van der Waals surface area contributed by atoms with Crippen LogP contribution in [0.15, 0.2) is 54.6 Å². The molecule has 0 saturated carbocycles. The van der Waals surface area contributed by atoms with E-state index in [4.69, 9.17) is 26.8 Å².